The zero-order valence-corrected chi connectivity index (χ0v) is 11.3. The molecule has 2 rings (SSSR count). The van der Waals surface area contributed by atoms with Crippen LogP contribution in [0.25, 0.3) is 0 Å². The summed E-state index contributed by atoms with van der Waals surface area (Å²) in [6.07, 6.45) is 1.19. The molecule has 1 aliphatic rings. The molecule has 1 fully saturated rings. The van der Waals surface area contributed by atoms with Gasteiger partial charge in [-0.05, 0) is 24.3 Å². The molecule has 18 heavy (non-hydrogen) atoms. The fraction of sp³-hybridized carbons (Fsp3) is 0.538. The van der Waals surface area contributed by atoms with Gasteiger partial charge in [-0.15, -0.1) is 0 Å². The van der Waals surface area contributed by atoms with Crippen LogP contribution in [-0.4, -0.2) is 37.5 Å². The third-order valence-electron chi connectivity index (χ3n) is 3.39. The van der Waals surface area contributed by atoms with Crippen molar-refractivity contribution in [1.82, 2.24) is 4.31 Å². The Labute approximate surface area is 108 Å². The predicted molar refractivity (Wildman–Crippen MR) is 70.4 cm³/mol. The Morgan fingerprint density at radius 3 is 2.44 bits per heavy atom. The number of hydrogen-bond acceptors (Lipinski definition) is 3. The summed E-state index contributed by atoms with van der Waals surface area (Å²) >= 11 is 0. The van der Waals surface area contributed by atoms with Gasteiger partial charge in [-0.1, -0.05) is 30.3 Å². The lowest BCUT2D eigenvalue weighted by Crippen LogP contribution is -2.39. The van der Waals surface area contributed by atoms with Crippen LogP contribution < -0.4 is 0 Å². The minimum Gasteiger partial charge on any atom is -0.393 e. The Hall–Kier alpha value is -0.910. The van der Waals surface area contributed by atoms with E-state index in [9.17, 15) is 13.5 Å². The lowest BCUT2D eigenvalue weighted by atomic mass is 9.82. The molecular formula is C13H19NO3S. The van der Waals surface area contributed by atoms with Gasteiger partial charge in [0, 0.05) is 13.6 Å². The summed E-state index contributed by atoms with van der Waals surface area (Å²) in [7, 11) is -1.64. The normalized spacial score (nSPS) is 23.9. The van der Waals surface area contributed by atoms with Crippen molar-refractivity contribution in [3.63, 3.8) is 0 Å². The molecule has 0 spiro atoms. The van der Waals surface area contributed by atoms with Crippen LogP contribution in [0.4, 0.5) is 0 Å². The first-order valence-electron chi connectivity index (χ1n) is 6.13. The van der Waals surface area contributed by atoms with Crippen molar-refractivity contribution in [3.8, 4) is 0 Å². The molecule has 0 saturated heterocycles. The molecule has 1 saturated carbocycles. The Morgan fingerprint density at radius 1 is 1.28 bits per heavy atom. The quantitative estimate of drug-likeness (QED) is 0.874. The first-order chi connectivity index (χ1) is 8.47. The highest BCUT2D eigenvalue weighted by Crippen LogP contribution is 2.28. The van der Waals surface area contributed by atoms with E-state index in [1.165, 1.54) is 4.31 Å². The SMILES string of the molecule is CN(CC1CC(O)C1)S(=O)(=O)Cc1ccccc1. The second kappa shape index (κ2) is 5.38. The Balaban J connectivity index is 1.93. The molecule has 0 amide bonds. The summed E-state index contributed by atoms with van der Waals surface area (Å²) in [5, 5.41) is 9.20. The smallest absolute Gasteiger partial charge is 0.218 e. The molecule has 0 bridgehead atoms. The minimum absolute atomic E-state index is 0.0413. The summed E-state index contributed by atoms with van der Waals surface area (Å²) in [5.41, 5.74) is 0.804. The van der Waals surface area contributed by atoms with Crippen LogP contribution in [0, 0.1) is 5.92 Å². The van der Waals surface area contributed by atoms with E-state index in [1.807, 2.05) is 30.3 Å². The van der Waals surface area contributed by atoms with Crippen LogP contribution in [0.2, 0.25) is 0 Å². The van der Waals surface area contributed by atoms with E-state index in [0.29, 0.717) is 25.3 Å². The van der Waals surface area contributed by atoms with E-state index < -0.39 is 10.0 Å². The van der Waals surface area contributed by atoms with Crippen molar-refractivity contribution in [2.24, 2.45) is 5.92 Å². The average Bonchev–Trinajstić information content (AvgIpc) is 2.27. The minimum atomic E-state index is -3.25. The molecule has 4 nitrogen and oxygen atoms in total. The first-order valence-corrected chi connectivity index (χ1v) is 7.74. The number of hydrogen-bond donors (Lipinski definition) is 1. The van der Waals surface area contributed by atoms with E-state index in [-0.39, 0.29) is 11.9 Å². The standard InChI is InChI=1S/C13H19NO3S/c1-14(9-12-7-13(15)8-12)18(16,17)10-11-5-3-2-4-6-11/h2-6,12-13,15H,7-10H2,1H3. The maximum atomic E-state index is 12.1. The van der Waals surface area contributed by atoms with Gasteiger partial charge >= 0.3 is 0 Å². The number of sulfonamides is 1. The number of aliphatic hydroxyl groups excluding tert-OH is 1. The van der Waals surface area contributed by atoms with Gasteiger partial charge in [-0.3, -0.25) is 0 Å². The van der Waals surface area contributed by atoms with Crippen LogP contribution >= 0.6 is 0 Å². The highest BCUT2D eigenvalue weighted by atomic mass is 32.2. The van der Waals surface area contributed by atoms with Crippen molar-refractivity contribution >= 4 is 10.0 Å². The molecule has 1 N–H and O–H groups in total. The molecule has 0 atom stereocenters. The Bertz CT molecular complexity index is 480. The van der Waals surface area contributed by atoms with E-state index >= 15 is 0 Å². The molecule has 1 aliphatic carbocycles. The van der Waals surface area contributed by atoms with E-state index in [2.05, 4.69) is 0 Å². The average molecular weight is 269 g/mol. The molecule has 5 heteroatoms. The van der Waals surface area contributed by atoms with Crippen LogP contribution in [0.15, 0.2) is 30.3 Å². The van der Waals surface area contributed by atoms with Gasteiger partial charge < -0.3 is 5.11 Å². The van der Waals surface area contributed by atoms with Gasteiger partial charge in [-0.25, -0.2) is 12.7 Å². The van der Waals surface area contributed by atoms with Gasteiger partial charge in [0.25, 0.3) is 0 Å². The molecule has 0 aromatic heterocycles. The molecule has 0 aliphatic heterocycles. The van der Waals surface area contributed by atoms with Crippen molar-refractivity contribution < 1.29 is 13.5 Å². The highest BCUT2D eigenvalue weighted by Gasteiger charge is 2.30. The van der Waals surface area contributed by atoms with E-state index in [0.717, 1.165) is 5.56 Å². The van der Waals surface area contributed by atoms with E-state index in [1.54, 1.807) is 7.05 Å². The fourth-order valence-corrected chi connectivity index (χ4v) is 3.49. The summed E-state index contributed by atoms with van der Waals surface area (Å²) in [5.74, 6) is 0.343. The monoisotopic (exact) mass is 269 g/mol. The van der Waals surface area contributed by atoms with Crippen molar-refractivity contribution in [2.75, 3.05) is 13.6 Å². The summed E-state index contributed by atoms with van der Waals surface area (Å²) in [4.78, 5) is 0. The maximum Gasteiger partial charge on any atom is 0.218 e. The number of rotatable bonds is 5. The number of benzene rings is 1. The molecular weight excluding hydrogens is 250 g/mol. The van der Waals surface area contributed by atoms with Gasteiger partial charge in [0.1, 0.15) is 0 Å². The van der Waals surface area contributed by atoms with Gasteiger partial charge in [0.05, 0.1) is 11.9 Å². The van der Waals surface area contributed by atoms with Crippen molar-refractivity contribution in [3.05, 3.63) is 35.9 Å². The molecule has 0 radical (unpaired) electrons. The second-order valence-electron chi connectivity index (χ2n) is 5.01. The molecule has 0 heterocycles. The maximum absolute atomic E-state index is 12.1. The molecule has 1 aromatic rings. The lowest BCUT2D eigenvalue weighted by molar-refractivity contribution is 0.0367. The summed E-state index contributed by atoms with van der Waals surface area (Å²) in [6, 6.07) is 9.19. The van der Waals surface area contributed by atoms with Crippen molar-refractivity contribution in [1.29, 1.82) is 0 Å². The second-order valence-corrected chi connectivity index (χ2v) is 7.09. The zero-order chi connectivity index (χ0) is 13.2. The van der Waals surface area contributed by atoms with Gasteiger partial charge in [0.15, 0.2) is 0 Å². The molecule has 100 valence electrons. The largest absolute Gasteiger partial charge is 0.393 e. The molecule has 1 aromatic carbocycles. The van der Waals surface area contributed by atoms with Crippen LogP contribution in [0.1, 0.15) is 18.4 Å². The predicted octanol–water partition coefficient (Wildman–Crippen LogP) is 1.22. The number of nitrogens with zero attached hydrogens (tertiary/aromatic N) is 1. The summed E-state index contributed by atoms with van der Waals surface area (Å²) in [6.45, 7) is 0.506. The third kappa shape index (κ3) is 3.31. The van der Waals surface area contributed by atoms with E-state index in [4.69, 9.17) is 0 Å². The number of aliphatic hydroxyl groups is 1. The Kier molecular flexibility index (Phi) is 4.04. The zero-order valence-electron chi connectivity index (χ0n) is 10.5. The van der Waals surface area contributed by atoms with Gasteiger partial charge in [-0.2, -0.15) is 0 Å². The fourth-order valence-electron chi connectivity index (χ4n) is 2.22. The lowest BCUT2D eigenvalue weighted by Gasteiger charge is -2.34. The van der Waals surface area contributed by atoms with Gasteiger partial charge in [0.2, 0.25) is 10.0 Å². The van der Waals surface area contributed by atoms with Crippen molar-refractivity contribution in [2.45, 2.75) is 24.7 Å². The van der Waals surface area contributed by atoms with Crippen LogP contribution in [-0.2, 0) is 15.8 Å². The molecule has 0 unspecified atom stereocenters. The van der Waals surface area contributed by atoms with Crippen LogP contribution in [0.3, 0.4) is 0 Å². The third-order valence-corrected chi connectivity index (χ3v) is 5.19. The Morgan fingerprint density at radius 2 is 1.89 bits per heavy atom. The summed E-state index contributed by atoms with van der Waals surface area (Å²) < 4.78 is 25.7. The first kappa shape index (κ1) is 13.5. The topological polar surface area (TPSA) is 57.6 Å². The highest BCUT2D eigenvalue weighted by molar-refractivity contribution is 7.88. The van der Waals surface area contributed by atoms with Crippen LogP contribution in [0.5, 0.6) is 0 Å².